The van der Waals surface area contributed by atoms with E-state index in [1.165, 1.54) is 26.4 Å². The predicted molar refractivity (Wildman–Crippen MR) is 63.1 cm³/mol. The quantitative estimate of drug-likeness (QED) is 0.520. The zero-order chi connectivity index (χ0) is 12.1. The molecule has 0 aromatic carbocycles. The van der Waals surface area contributed by atoms with Gasteiger partial charge in [-0.15, -0.1) is 0 Å². The molecule has 18 heavy (non-hydrogen) atoms. The fourth-order valence-corrected chi connectivity index (χ4v) is 2.63. The highest BCUT2D eigenvalue weighted by Gasteiger charge is 2.33. The summed E-state index contributed by atoms with van der Waals surface area (Å²) in [6.45, 7) is 3.32. The number of furan rings is 1. The van der Waals surface area contributed by atoms with E-state index in [0.717, 1.165) is 29.9 Å². The summed E-state index contributed by atoms with van der Waals surface area (Å²) in [4.78, 5) is 11.5. The molecule has 0 saturated carbocycles. The van der Waals surface area contributed by atoms with Gasteiger partial charge in [0.05, 0.1) is 26.5 Å². The fraction of sp³-hybridized carbons (Fsp3) is 0.615. The summed E-state index contributed by atoms with van der Waals surface area (Å²) in [5, 5.41) is 0. The van der Waals surface area contributed by atoms with Crippen LogP contribution in [0.1, 0.15) is 25.0 Å². The van der Waals surface area contributed by atoms with Crippen LogP contribution >= 0.6 is 0 Å². The smallest absolute Gasteiger partial charge is 0.361 e. The van der Waals surface area contributed by atoms with Crippen molar-refractivity contribution in [3.8, 4) is 0 Å². The normalized spacial score (nSPS) is 17.8. The van der Waals surface area contributed by atoms with E-state index in [2.05, 4.69) is 0 Å². The first kappa shape index (κ1) is 15.1. The van der Waals surface area contributed by atoms with Crippen molar-refractivity contribution in [2.45, 2.75) is 25.8 Å². The molecule has 2 heterocycles. The molecule has 0 bridgehead atoms. The second kappa shape index (κ2) is 6.81. The van der Waals surface area contributed by atoms with E-state index in [-0.39, 0.29) is 18.4 Å². The minimum atomic E-state index is -0.126. The molecule has 1 aliphatic heterocycles. The van der Waals surface area contributed by atoms with Crippen molar-refractivity contribution in [3.05, 3.63) is 24.2 Å². The Morgan fingerprint density at radius 2 is 2.11 bits per heavy atom. The van der Waals surface area contributed by atoms with Gasteiger partial charge in [0, 0.05) is 0 Å². The second-order valence-electron chi connectivity index (χ2n) is 4.82. The van der Waals surface area contributed by atoms with Gasteiger partial charge in [0.25, 0.3) is 0 Å². The topological polar surface area (TPSA) is 39.4 Å². The third kappa shape index (κ3) is 3.75. The molecule has 4 nitrogen and oxygen atoms in total. The van der Waals surface area contributed by atoms with Crippen LogP contribution in [0, 0.1) is 0 Å². The van der Waals surface area contributed by atoms with E-state index in [1.807, 2.05) is 12.1 Å². The highest BCUT2D eigenvalue weighted by Crippen LogP contribution is 2.23. The summed E-state index contributed by atoms with van der Waals surface area (Å²) in [6.07, 6.45) is 5.31. The number of halogens is 1. The molecule has 0 spiro atoms. The lowest BCUT2D eigenvalue weighted by atomic mass is 10.1. The summed E-state index contributed by atoms with van der Waals surface area (Å²) in [7, 11) is 1.45. The summed E-state index contributed by atoms with van der Waals surface area (Å²) >= 11 is 0. The van der Waals surface area contributed by atoms with Gasteiger partial charge in [0.2, 0.25) is 0 Å². The molecule has 102 valence electrons. The maximum atomic E-state index is 11.5. The van der Waals surface area contributed by atoms with Crippen molar-refractivity contribution in [2.75, 3.05) is 26.7 Å². The van der Waals surface area contributed by atoms with Crippen molar-refractivity contribution in [1.29, 1.82) is 0 Å². The summed E-state index contributed by atoms with van der Waals surface area (Å²) in [6, 6.07) is 3.87. The molecule has 1 aliphatic rings. The van der Waals surface area contributed by atoms with Gasteiger partial charge in [-0.25, -0.2) is 4.79 Å². The number of rotatable bonds is 4. The SMILES string of the molecule is COC(=O)C[N+]1(Cc2ccco2)CCCCC1.[Cl-]. The Labute approximate surface area is 114 Å². The van der Waals surface area contributed by atoms with Crippen LogP contribution in [0.5, 0.6) is 0 Å². The van der Waals surface area contributed by atoms with E-state index in [0.29, 0.717) is 6.54 Å². The number of hydrogen-bond acceptors (Lipinski definition) is 3. The summed E-state index contributed by atoms with van der Waals surface area (Å²) in [5.74, 6) is 0.828. The largest absolute Gasteiger partial charge is 1.00 e. The third-order valence-electron chi connectivity index (χ3n) is 3.53. The highest BCUT2D eigenvalue weighted by molar-refractivity contribution is 5.70. The molecule has 1 aromatic heterocycles. The molecular weight excluding hydrogens is 254 g/mol. The van der Waals surface area contributed by atoms with E-state index in [9.17, 15) is 4.79 Å². The van der Waals surface area contributed by atoms with Crippen LogP contribution in [0.25, 0.3) is 0 Å². The molecule has 5 heteroatoms. The number of nitrogens with zero attached hydrogens (tertiary/aromatic N) is 1. The van der Waals surface area contributed by atoms with Gasteiger partial charge in [0.1, 0.15) is 6.54 Å². The van der Waals surface area contributed by atoms with Gasteiger partial charge in [-0.05, 0) is 31.4 Å². The van der Waals surface area contributed by atoms with E-state index < -0.39 is 0 Å². The van der Waals surface area contributed by atoms with Crippen molar-refractivity contribution >= 4 is 5.97 Å². The maximum absolute atomic E-state index is 11.5. The Hall–Kier alpha value is -1.00. The molecule has 0 N–H and O–H groups in total. The van der Waals surface area contributed by atoms with Crippen LogP contribution in [-0.2, 0) is 16.1 Å². The van der Waals surface area contributed by atoms with Crippen LogP contribution in [0.15, 0.2) is 22.8 Å². The van der Waals surface area contributed by atoms with E-state index in [1.54, 1.807) is 6.26 Å². The molecule has 0 unspecified atom stereocenters. The average Bonchev–Trinajstić information content (AvgIpc) is 2.82. The predicted octanol–water partition coefficient (Wildman–Crippen LogP) is -1.04. The average molecular weight is 274 g/mol. The molecular formula is C13H20ClNO3. The van der Waals surface area contributed by atoms with Crippen LogP contribution in [0.2, 0.25) is 0 Å². The highest BCUT2D eigenvalue weighted by atomic mass is 35.5. The van der Waals surface area contributed by atoms with Gasteiger partial charge in [0.15, 0.2) is 12.3 Å². The monoisotopic (exact) mass is 273 g/mol. The number of hydrogen-bond donors (Lipinski definition) is 0. The first-order valence-corrected chi connectivity index (χ1v) is 6.18. The molecule has 0 aliphatic carbocycles. The second-order valence-corrected chi connectivity index (χ2v) is 4.82. The van der Waals surface area contributed by atoms with Gasteiger partial charge in [-0.1, -0.05) is 0 Å². The first-order valence-electron chi connectivity index (χ1n) is 6.18. The Balaban J connectivity index is 0.00000162. The summed E-state index contributed by atoms with van der Waals surface area (Å²) < 4.78 is 11.0. The number of carbonyl (C=O) groups excluding carboxylic acids is 1. The lowest BCUT2D eigenvalue weighted by Gasteiger charge is -2.39. The number of methoxy groups -OCH3 is 1. The van der Waals surface area contributed by atoms with Crippen molar-refractivity contribution in [2.24, 2.45) is 0 Å². The zero-order valence-corrected chi connectivity index (χ0v) is 11.5. The molecule has 0 atom stereocenters. The van der Waals surface area contributed by atoms with Gasteiger partial charge in [-0.3, -0.25) is 0 Å². The minimum Gasteiger partial charge on any atom is -1.00 e. The Morgan fingerprint density at radius 1 is 1.39 bits per heavy atom. The number of ether oxygens (including phenoxy) is 1. The van der Waals surface area contributed by atoms with Crippen LogP contribution in [0.4, 0.5) is 0 Å². The zero-order valence-electron chi connectivity index (χ0n) is 10.7. The molecule has 1 aromatic rings. The molecule has 2 rings (SSSR count). The number of esters is 1. The standard InChI is InChI=1S/C13H20NO3.ClH/c1-16-13(15)11-14(7-3-2-4-8-14)10-12-6-5-9-17-12;/h5-6,9H,2-4,7-8,10-11H2,1H3;1H/q+1;/p-1. The number of quaternary nitrogens is 1. The Morgan fingerprint density at radius 3 is 2.67 bits per heavy atom. The molecule has 1 fully saturated rings. The van der Waals surface area contributed by atoms with Crippen molar-refractivity contribution < 1.29 is 30.8 Å². The maximum Gasteiger partial charge on any atom is 0.361 e. The lowest BCUT2D eigenvalue weighted by Crippen LogP contribution is -3.00. The Bertz CT molecular complexity index is 358. The first-order chi connectivity index (χ1) is 8.24. The van der Waals surface area contributed by atoms with Gasteiger partial charge < -0.3 is 26.0 Å². The summed E-state index contributed by atoms with van der Waals surface area (Å²) in [5.41, 5.74) is 0. The third-order valence-corrected chi connectivity index (χ3v) is 3.53. The van der Waals surface area contributed by atoms with Crippen LogP contribution in [0.3, 0.4) is 0 Å². The lowest BCUT2D eigenvalue weighted by molar-refractivity contribution is -0.939. The fourth-order valence-electron chi connectivity index (χ4n) is 2.63. The van der Waals surface area contributed by atoms with E-state index in [4.69, 9.17) is 9.15 Å². The van der Waals surface area contributed by atoms with Crippen molar-refractivity contribution in [3.63, 3.8) is 0 Å². The van der Waals surface area contributed by atoms with Crippen LogP contribution in [-0.4, -0.2) is 37.2 Å². The van der Waals surface area contributed by atoms with Crippen LogP contribution < -0.4 is 12.4 Å². The number of likely N-dealkylation sites (tertiary alicyclic amines) is 1. The Kier molecular flexibility index (Phi) is 5.69. The van der Waals surface area contributed by atoms with Crippen molar-refractivity contribution in [1.82, 2.24) is 0 Å². The molecule has 0 amide bonds. The molecule has 1 saturated heterocycles. The molecule has 0 radical (unpaired) electrons. The number of carbonyl (C=O) groups is 1. The number of piperidine rings is 1. The van der Waals surface area contributed by atoms with Gasteiger partial charge >= 0.3 is 5.97 Å². The minimum absolute atomic E-state index is 0. The van der Waals surface area contributed by atoms with E-state index >= 15 is 0 Å². The van der Waals surface area contributed by atoms with Gasteiger partial charge in [-0.2, -0.15) is 0 Å².